The monoisotopic (exact) mass is 239 g/mol. The summed E-state index contributed by atoms with van der Waals surface area (Å²) in [5, 5.41) is 5.27. The quantitative estimate of drug-likeness (QED) is 0.768. The van der Waals surface area contributed by atoms with Gasteiger partial charge in [-0.1, -0.05) is 0 Å². The highest BCUT2D eigenvalue weighted by Gasteiger charge is 2.25. The number of hydrogen-bond donors (Lipinski definition) is 2. The van der Waals surface area contributed by atoms with Gasteiger partial charge >= 0.3 is 6.18 Å². The van der Waals surface area contributed by atoms with E-state index in [1.54, 1.807) is 5.38 Å². The van der Waals surface area contributed by atoms with E-state index in [1.807, 2.05) is 0 Å². The highest BCUT2D eigenvalue weighted by molar-refractivity contribution is 7.09. The highest BCUT2D eigenvalue weighted by atomic mass is 32.1. The molecule has 0 amide bonds. The molecule has 0 saturated carbocycles. The van der Waals surface area contributed by atoms with Crippen LogP contribution in [0.2, 0.25) is 0 Å². The van der Waals surface area contributed by atoms with Gasteiger partial charge in [-0.15, -0.1) is 11.3 Å². The summed E-state index contributed by atoms with van der Waals surface area (Å²) in [6, 6.07) is 0. The van der Waals surface area contributed by atoms with Crippen LogP contribution in [0, 0.1) is 0 Å². The summed E-state index contributed by atoms with van der Waals surface area (Å²) < 4.78 is 35.3. The van der Waals surface area contributed by atoms with Crippen LogP contribution in [0.5, 0.6) is 0 Å². The molecule has 1 heterocycles. The van der Waals surface area contributed by atoms with Gasteiger partial charge in [-0.2, -0.15) is 13.2 Å². The van der Waals surface area contributed by atoms with Gasteiger partial charge in [0.15, 0.2) is 0 Å². The molecule has 7 heteroatoms. The Bertz CT molecular complexity index is 298. The molecule has 0 atom stereocenters. The zero-order valence-corrected chi connectivity index (χ0v) is 8.79. The lowest BCUT2D eigenvalue weighted by Gasteiger charge is -2.06. The van der Waals surface area contributed by atoms with E-state index >= 15 is 0 Å². The second-order valence-electron chi connectivity index (χ2n) is 2.98. The Morgan fingerprint density at radius 1 is 1.47 bits per heavy atom. The van der Waals surface area contributed by atoms with E-state index in [1.165, 1.54) is 11.3 Å². The summed E-state index contributed by atoms with van der Waals surface area (Å²) in [5.74, 6) is 0. The molecule has 0 aliphatic rings. The number of nitrogens with zero attached hydrogens (tertiary/aromatic N) is 1. The van der Waals surface area contributed by atoms with Crippen molar-refractivity contribution in [2.24, 2.45) is 5.73 Å². The number of alkyl halides is 3. The van der Waals surface area contributed by atoms with Crippen molar-refractivity contribution in [1.29, 1.82) is 0 Å². The first-order chi connectivity index (χ1) is 7.01. The number of halogens is 3. The average Bonchev–Trinajstić information content (AvgIpc) is 2.59. The number of thiazole rings is 1. The summed E-state index contributed by atoms with van der Waals surface area (Å²) in [7, 11) is 0. The minimum absolute atomic E-state index is 0.0843. The van der Waals surface area contributed by atoms with Crippen molar-refractivity contribution in [3.05, 3.63) is 16.1 Å². The van der Waals surface area contributed by atoms with Crippen molar-refractivity contribution < 1.29 is 13.2 Å². The first-order valence-electron chi connectivity index (χ1n) is 4.42. The van der Waals surface area contributed by atoms with Crippen molar-refractivity contribution in [2.75, 3.05) is 6.54 Å². The van der Waals surface area contributed by atoms with E-state index in [4.69, 9.17) is 5.73 Å². The van der Waals surface area contributed by atoms with E-state index < -0.39 is 12.6 Å². The molecule has 0 bridgehead atoms. The molecular weight excluding hydrogens is 227 g/mol. The van der Waals surface area contributed by atoms with Gasteiger partial charge in [0.25, 0.3) is 0 Å². The summed E-state index contributed by atoms with van der Waals surface area (Å²) in [6.45, 7) is 0.638. The highest BCUT2D eigenvalue weighted by Crippen LogP contribution is 2.18. The lowest BCUT2D eigenvalue weighted by atomic mass is 10.4. The van der Waals surface area contributed by atoms with E-state index in [0.29, 0.717) is 13.1 Å². The van der Waals surface area contributed by atoms with Crippen molar-refractivity contribution in [2.45, 2.75) is 25.7 Å². The van der Waals surface area contributed by atoms with Crippen LogP contribution in [-0.4, -0.2) is 17.7 Å². The third-order valence-corrected chi connectivity index (χ3v) is 2.59. The van der Waals surface area contributed by atoms with Gasteiger partial charge in [0.05, 0.1) is 12.1 Å². The molecule has 1 aromatic rings. The molecule has 0 spiro atoms. The fraction of sp³-hybridized carbons (Fsp3) is 0.625. The van der Waals surface area contributed by atoms with Gasteiger partial charge in [0.1, 0.15) is 5.01 Å². The molecule has 3 N–H and O–H groups in total. The maximum absolute atomic E-state index is 11.8. The maximum Gasteiger partial charge on any atom is 0.390 e. The molecule has 15 heavy (non-hydrogen) atoms. The molecule has 0 aromatic carbocycles. The molecule has 0 aliphatic heterocycles. The number of nitrogens with two attached hydrogens (primary N) is 1. The minimum atomic E-state index is -4.10. The molecule has 0 radical (unpaired) electrons. The SMILES string of the molecule is NCc1nc(CNCCC(F)(F)F)cs1. The summed E-state index contributed by atoms with van der Waals surface area (Å²) >= 11 is 1.41. The molecule has 0 unspecified atom stereocenters. The Balaban J connectivity index is 2.20. The van der Waals surface area contributed by atoms with Crippen LogP contribution in [0.1, 0.15) is 17.1 Å². The number of nitrogens with one attached hydrogen (secondary N) is 1. The largest absolute Gasteiger partial charge is 0.390 e. The van der Waals surface area contributed by atoms with Crippen molar-refractivity contribution >= 4 is 11.3 Å². The molecule has 1 aromatic heterocycles. The zero-order valence-electron chi connectivity index (χ0n) is 7.97. The Morgan fingerprint density at radius 3 is 2.73 bits per heavy atom. The smallest absolute Gasteiger partial charge is 0.325 e. The molecule has 1 rings (SSSR count). The standard InChI is InChI=1S/C8H12F3N3S/c9-8(10,11)1-2-13-4-6-5-15-7(3-12)14-6/h5,13H,1-4,12H2. The lowest BCUT2D eigenvalue weighted by molar-refractivity contribution is -0.133. The van der Waals surface area contributed by atoms with E-state index in [-0.39, 0.29) is 6.54 Å². The summed E-state index contributed by atoms with van der Waals surface area (Å²) in [5.41, 5.74) is 6.09. The van der Waals surface area contributed by atoms with Crippen LogP contribution in [0.15, 0.2) is 5.38 Å². The molecule has 0 saturated heterocycles. The van der Waals surface area contributed by atoms with Gasteiger partial charge in [0, 0.05) is 25.0 Å². The van der Waals surface area contributed by atoms with Gasteiger partial charge < -0.3 is 11.1 Å². The topological polar surface area (TPSA) is 50.9 Å². The summed E-state index contributed by atoms with van der Waals surface area (Å²) in [6.07, 6.45) is -4.92. The molecular formula is C8H12F3N3S. The third kappa shape index (κ3) is 5.10. The van der Waals surface area contributed by atoms with Crippen molar-refractivity contribution in [1.82, 2.24) is 10.3 Å². The Labute approximate surface area is 89.5 Å². The Hall–Kier alpha value is -0.660. The zero-order chi connectivity index (χ0) is 11.3. The summed E-state index contributed by atoms with van der Waals surface area (Å²) in [4.78, 5) is 4.11. The van der Waals surface area contributed by atoms with Crippen molar-refractivity contribution in [3.8, 4) is 0 Å². The van der Waals surface area contributed by atoms with Crippen LogP contribution in [0.3, 0.4) is 0 Å². The van der Waals surface area contributed by atoms with Gasteiger partial charge in [-0.05, 0) is 0 Å². The predicted octanol–water partition coefficient (Wildman–Crippen LogP) is 1.64. The van der Waals surface area contributed by atoms with Crippen molar-refractivity contribution in [3.63, 3.8) is 0 Å². The molecule has 3 nitrogen and oxygen atoms in total. The second kappa shape index (κ2) is 5.43. The van der Waals surface area contributed by atoms with E-state index in [2.05, 4.69) is 10.3 Å². The van der Waals surface area contributed by atoms with Crippen LogP contribution >= 0.6 is 11.3 Å². The van der Waals surface area contributed by atoms with Gasteiger partial charge in [-0.25, -0.2) is 4.98 Å². The predicted molar refractivity (Wildman–Crippen MR) is 52.4 cm³/mol. The molecule has 0 fully saturated rings. The Morgan fingerprint density at radius 2 is 2.20 bits per heavy atom. The first kappa shape index (κ1) is 12.4. The molecule has 86 valence electrons. The van der Waals surface area contributed by atoms with Crippen LogP contribution < -0.4 is 11.1 Å². The number of hydrogen-bond acceptors (Lipinski definition) is 4. The van der Waals surface area contributed by atoms with Gasteiger partial charge in [-0.3, -0.25) is 0 Å². The van der Waals surface area contributed by atoms with Crippen LogP contribution in [0.4, 0.5) is 13.2 Å². The average molecular weight is 239 g/mol. The van der Waals surface area contributed by atoms with E-state index in [9.17, 15) is 13.2 Å². The van der Waals surface area contributed by atoms with Crippen LogP contribution in [0.25, 0.3) is 0 Å². The van der Waals surface area contributed by atoms with Crippen LogP contribution in [-0.2, 0) is 13.1 Å². The fourth-order valence-corrected chi connectivity index (χ4v) is 1.64. The third-order valence-electron chi connectivity index (χ3n) is 1.67. The number of rotatable bonds is 5. The first-order valence-corrected chi connectivity index (χ1v) is 5.30. The normalized spacial score (nSPS) is 12.0. The minimum Gasteiger partial charge on any atom is -0.325 e. The second-order valence-corrected chi connectivity index (χ2v) is 3.92. The van der Waals surface area contributed by atoms with Gasteiger partial charge in [0.2, 0.25) is 0 Å². The van der Waals surface area contributed by atoms with E-state index in [0.717, 1.165) is 10.7 Å². The molecule has 0 aliphatic carbocycles. The fourth-order valence-electron chi connectivity index (χ4n) is 0.970. The Kier molecular flexibility index (Phi) is 4.49. The maximum atomic E-state index is 11.8. The number of aromatic nitrogens is 1. The lowest BCUT2D eigenvalue weighted by Crippen LogP contribution is -2.21.